The van der Waals surface area contributed by atoms with Gasteiger partial charge in [0.2, 0.25) is 6.41 Å². The zero-order valence-corrected chi connectivity index (χ0v) is 15.3. The number of benzene rings is 3. The van der Waals surface area contributed by atoms with E-state index in [9.17, 15) is 4.79 Å². The van der Waals surface area contributed by atoms with E-state index in [4.69, 9.17) is 0 Å². The second-order valence-electron chi connectivity index (χ2n) is 6.56. The summed E-state index contributed by atoms with van der Waals surface area (Å²) < 4.78 is 0. The first-order valence-corrected chi connectivity index (χ1v) is 9.78. The van der Waals surface area contributed by atoms with Crippen molar-refractivity contribution >= 4 is 18.2 Å². The van der Waals surface area contributed by atoms with Crippen molar-refractivity contribution in [3.63, 3.8) is 0 Å². The first-order valence-electron chi connectivity index (χ1n) is 8.90. The molecular formula is C23H21NOS. The molecule has 2 nitrogen and oxygen atoms in total. The summed E-state index contributed by atoms with van der Waals surface area (Å²) >= 11 is 1.83. The van der Waals surface area contributed by atoms with Crippen molar-refractivity contribution in [3.8, 4) is 0 Å². The first-order chi connectivity index (χ1) is 12.8. The molecule has 1 amide bonds. The van der Waals surface area contributed by atoms with Crippen molar-refractivity contribution in [1.29, 1.82) is 0 Å². The summed E-state index contributed by atoms with van der Waals surface area (Å²) in [6.45, 7) is 0.734. The zero-order chi connectivity index (χ0) is 17.8. The average Bonchev–Trinajstić information content (AvgIpc) is 2.71. The Labute approximate surface area is 158 Å². The van der Waals surface area contributed by atoms with Crippen molar-refractivity contribution in [3.05, 3.63) is 102 Å². The number of carbonyl (C=O) groups excluding carboxylic acids is 1. The standard InChI is InChI=1S/C23H21NOS/c25-17-24-16-23(26-19-11-5-2-6-12-19)21-14-8-7-13-20(21)22(24)15-18-9-3-1-4-10-18/h1-14,17,22-23H,15-16H2/t22-,23?/m0/s1. The van der Waals surface area contributed by atoms with E-state index >= 15 is 0 Å². The molecule has 2 atom stereocenters. The summed E-state index contributed by atoms with van der Waals surface area (Å²) in [7, 11) is 0. The van der Waals surface area contributed by atoms with Crippen LogP contribution in [-0.4, -0.2) is 17.9 Å². The highest BCUT2D eigenvalue weighted by atomic mass is 32.2. The Hall–Kier alpha value is -2.52. The van der Waals surface area contributed by atoms with Gasteiger partial charge in [-0.25, -0.2) is 0 Å². The fraction of sp³-hybridized carbons (Fsp3) is 0.174. The van der Waals surface area contributed by atoms with Gasteiger partial charge in [0.05, 0.1) is 11.3 Å². The minimum absolute atomic E-state index is 0.0960. The Kier molecular flexibility index (Phi) is 5.07. The molecule has 130 valence electrons. The second kappa shape index (κ2) is 7.79. The van der Waals surface area contributed by atoms with Gasteiger partial charge in [0, 0.05) is 11.4 Å². The monoisotopic (exact) mass is 359 g/mol. The number of nitrogens with zero attached hydrogens (tertiary/aromatic N) is 1. The van der Waals surface area contributed by atoms with Crippen LogP contribution in [0.2, 0.25) is 0 Å². The number of carbonyl (C=O) groups is 1. The van der Waals surface area contributed by atoms with Gasteiger partial charge >= 0.3 is 0 Å². The molecule has 0 fully saturated rings. The molecule has 0 N–H and O–H groups in total. The summed E-state index contributed by atoms with van der Waals surface area (Å²) in [6, 6.07) is 29.5. The van der Waals surface area contributed by atoms with Crippen LogP contribution in [0.4, 0.5) is 0 Å². The fourth-order valence-corrected chi connectivity index (χ4v) is 4.88. The van der Waals surface area contributed by atoms with Crippen LogP contribution in [0.3, 0.4) is 0 Å². The maximum Gasteiger partial charge on any atom is 0.210 e. The third-order valence-electron chi connectivity index (χ3n) is 4.91. The van der Waals surface area contributed by atoms with Gasteiger partial charge in [0.1, 0.15) is 0 Å². The molecule has 26 heavy (non-hydrogen) atoms. The predicted octanol–water partition coefficient (Wildman–Crippen LogP) is 5.28. The maximum atomic E-state index is 11.9. The van der Waals surface area contributed by atoms with E-state index in [0.29, 0.717) is 0 Å². The average molecular weight is 359 g/mol. The lowest BCUT2D eigenvalue weighted by molar-refractivity contribution is -0.120. The number of amides is 1. The minimum Gasteiger partial charge on any atom is -0.336 e. The van der Waals surface area contributed by atoms with Gasteiger partial charge in [-0.15, -0.1) is 11.8 Å². The quantitative estimate of drug-likeness (QED) is 0.578. The number of hydrogen-bond acceptors (Lipinski definition) is 2. The van der Waals surface area contributed by atoms with Crippen LogP contribution in [0.5, 0.6) is 0 Å². The molecular weight excluding hydrogens is 338 g/mol. The number of hydrogen-bond donors (Lipinski definition) is 0. The number of fused-ring (bicyclic) bond motifs is 1. The highest BCUT2D eigenvalue weighted by molar-refractivity contribution is 7.99. The van der Waals surface area contributed by atoms with E-state index in [1.807, 2.05) is 28.8 Å². The van der Waals surface area contributed by atoms with Crippen LogP contribution < -0.4 is 0 Å². The minimum atomic E-state index is 0.0960. The van der Waals surface area contributed by atoms with Gasteiger partial charge in [-0.2, -0.15) is 0 Å². The summed E-state index contributed by atoms with van der Waals surface area (Å²) in [5.41, 5.74) is 3.87. The first kappa shape index (κ1) is 16.9. The largest absolute Gasteiger partial charge is 0.336 e. The molecule has 3 aromatic rings. The lowest BCUT2D eigenvalue weighted by Gasteiger charge is -2.39. The summed E-state index contributed by atoms with van der Waals surface area (Å²) in [5.74, 6) is 0. The molecule has 0 spiro atoms. The second-order valence-corrected chi connectivity index (χ2v) is 7.83. The van der Waals surface area contributed by atoms with E-state index in [-0.39, 0.29) is 11.3 Å². The smallest absolute Gasteiger partial charge is 0.210 e. The van der Waals surface area contributed by atoms with Crippen molar-refractivity contribution in [2.45, 2.75) is 22.6 Å². The molecule has 3 heteroatoms. The fourth-order valence-electron chi connectivity index (χ4n) is 3.65. The third kappa shape index (κ3) is 3.54. The Morgan fingerprint density at radius 2 is 1.46 bits per heavy atom. The van der Waals surface area contributed by atoms with Crippen LogP contribution in [0.1, 0.15) is 28.0 Å². The Balaban J connectivity index is 1.67. The van der Waals surface area contributed by atoms with Gasteiger partial charge < -0.3 is 4.90 Å². The van der Waals surface area contributed by atoms with Gasteiger partial charge in [-0.3, -0.25) is 4.79 Å². The predicted molar refractivity (Wildman–Crippen MR) is 107 cm³/mol. The van der Waals surface area contributed by atoms with Crippen LogP contribution >= 0.6 is 11.8 Å². The molecule has 0 aromatic heterocycles. The number of rotatable bonds is 5. The van der Waals surface area contributed by atoms with Crippen molar-refractivity contribution in [2.24, 2.45) is 0 Å². The normalized spacial score (nSPS) is 19.0. The lowest BCUT2D eigenvalue weighted by Crippen LogP contribution is -2.37. The molecule has 3 aromatic carbocycles. The molecule has 1 heterocycles. The van der Waals surface area contributed by atoms with Crippen LogP contribution in [-0.2, 0) is 11.2 Å². The Morgan fingerprint density at radius 1 is 0.846 bits per heavy atom. The van der Waals surface area contributed by atoms with E-state index in [0.717, 1.165) is 19.4 Å². The maximum absolute atomic E-state index is 11.9. The number of thioether (sulfide) groups is 1. The Morgan fingerprint density at radius 3 is 2.15 bits per heavy atom. The van der Waals surface area contributed by atoms with Crippen LogP contribution in [0.25, 0.3) is 0 Å². The molecule has 0 radical (unpaired) electrons. The molecule has 0 saturated heterocycles. The van der Waals surface area contributed by atoms with Gasteiger partial charge in [-0.05, 0) is 35.2 Å². The van der Waals surface area contributed by atoms with E-state index in [2.05, 4.69) is 72.8 Å². The summed E-state index contributed by atoms with van der Waals surface area (Å²) in [6.07, 6.45) is 1.86. The molecule has 1 aliphatic rings. The van der Waals surface area contributed by atoms with Crippen molar-refractivity contribution < 1.29 is 4.79 Å². The van der Waals surface area contributed by atoms with Crippen LogP contribution in [0, 0.1) is 0 Å². The topological polar surface area (TPSA) is 20.3 Å². The van der Waals surface area contributed by atoms with E-state index in [1.165, 1.54) is 21.6 Å². The zero-order valence-electron chi connectivity index (χ0n) is 14.5. The van der Waals surface area contributed by atoms with Crippen molar-refractivity contribution in [1.82, 2.24) is 4.90 Å². The van der Waals surface area contributed by atoms with Gasteiger partial charge in [0.25, 0.3) is 0 Å². The lowest BCUT2D eigenvalue weighted by atomic mass is 9.89. The SMILES string of the molecule is O=CN1CC(Sc2ccccc2)c2ccccc2[C@@H]1Cc1ccccc1. The van der Waals surface area contributed by atoms with Crippen LogP contribution in [0.15, 0.2) is 89.8 Å². The van der Waals surface area contributed by atoms with E-state index in [1.54, 1.807) is 0 Å². The molecule has 1 aliphatic heterocycles. The van der Waals surface area contributed by atoms with Gasteiger partial charge in [0.15, 0.2) is 0 Å². The van der Waals surface area contributed by atoms with E-state index < -0.39 is 0 Å². The summed E-state index contributed by atoms with van der Waals surface area (Å²) in [4.78, 5) is 15.1. The molecule has 0 bridgehead atoms. The Bertz CT molecular complexity index is 866. The van der Waals surface area contributed by atoms with Crippen molar-refractivity contribution in [2.75, 3.05) is 6.54 Å². The highest BCUT2D eigenvalue weighted by Gasteiger charge is 2.32. The third-order valence-corrected chi connectivity index (χ3v) is 6.14. The molecule has 0 saturated carbocycles. The highest BCUT2D eigenvalue weighted by Crippen LogP contribution is 2.44. The van der Waals surface area contributed by atoms with Gasteiger partial charge in [-0.1, -0.05) is 72.8 Å². The molecule has 0 aliphatic carbocycles. The summed E-state index contributed by atoms with van der Waals surface area (Å²) in [5, 5.41) is 0.255. The molecule has 1 unspecified atom stereocenters. The molecule has 4 rings (SSSR count).